The fourth-order valence-electron chi connectivity index (χ4n) is 3.17. The first-order valence-electron chi connectivity index (χ1n) is 9.11. The van der Waals surface area contributed by atoms with E-state index < -0.39 is 31.6 Å². The number of benzene rings is 2. The maximum atomic E-state index is 13.6. The van der Waals surface area contributed by atoms with Gasteiger partial charge in [0.2, 0.25) is 5.89 Å². The van der Waals surface area contributed by atoms with Crippen LogP contribution in [0.25, 0.3) is 21.5 Å². The van der Waals surface area contributed by atoms with E-state index in [9.17, 15) is 26.0 Å². The number of carboxylic acids is 1. The van der Waals surface area contributed by atoms with Gasteiger partial charge >= 0.3 is 65.1 Å². The number of hydrogen-bond donors (Lipinski definition) is 2. The molecule has 15 heteroatoms. The number of aromatic nitrogens is 1. The van der Waals surface area contributed by atoms with E-state index in [-0.39, 0.29) is 91.1 Å². The van der Waals surface area contributed by atoms with Crippen LogP contribution in [-0.4, -0.2) is 98.3 Å². The van der Waals surface area contributed by atoms with Crippen LogP contribution in [-0.2, 0) is 19.9 Å². The number of nitrogens with zero attached hydrogens (tertiary/aromatic N) is 1. The van der Waals surface area contributed by atoms with Gasteiger partial charge in [0.1, 0.15) is 16.3 Å². The summed E-state index contributed by atoms with van der Waals surface area (Å²) in [7, 11) is -8.15. The molecule has 0 saturated heterocycles. The molecule has 0 spiro atoms. The summed E-state index contributed by atoms with van der Waals surface area (Å²) in [5, 5.41) is 9.43. The minimum absolute atomic E-state index is 0. The predicted molar refractivity (Wildman–Crippen MR) is 134 cm³/mol. The van der Waals surface area contributed by atoms with Gasteiger partial charge in [-0.1, -0.05) is 0 Å². The third kappa shape index (κ3) is 6.17. The number of carboxylic acid groups (broad SMARTS) is 1. The number of aryl methyl sites for hydroxylation is 1. The quantitative estimate of drug-likeness (QED) is 0.344. The van der Waals surface area contributed by atoms with E-state index in [2.05, 4.69) is 9.71 Å². The van der Waals surface area contributed by atoms with Crippen LogP contribution in [0.1, 0.15) is 16.1 Å². The van der Waals surface area contributed by atoms with E-state index in [1.165, 1.54) is 37.3 Å². The second-order valence-electron chi connectivity index (χ2n) is 7.09. The van der Waals surface area contributed by atoms with Gasteiger partial charge in [0.15, 0.2) is 15.5 Å². The Morgan fingerprint density at radius 2 is 1.80 bits per heavy atom. The van der Waals surface area contributed by atoms with E-state index in [4.69, 9.17) is 9.52 Å². The van der Waals surface area contributed by atoms with Crippen molar-refractivity contribution in [2.24, 2.45) is 0 Å². The van der Waals surface area contributed by atoms with Crippen LogP contribution in [0.3, 0.4) is 0 Å². The maximum absolute atomic E-state index is 13.6. The molecule has 0 unspecified atom stereocenters. The average molecular weight is 559 g/mol. The number of rotatable bonds is 6. The van der Waals surface area contributed by atoms with Crippen LogP contribution >= 0.6 is 11.3 Å². The summed E-state index contributed by atoms with van der Waals surface area (Å²) in [6, 6.07) is 7.63. The van der Waals surface area contributed by atoms with Crippen molar-refractivity contribution in [3.05, 3.63) is 59.7 Å². The molecule has 35 heavy (non-hydrogen) atoms. The summed E-state index contributed by atoms with van der Waals surface area (Å²) >= 11 is 0.930. The summed E-state index contributed by atoms with van der Waals surface area (Å²) in [5.41, 5.74) is -0.110. The van der Waals surface area contributed by atoms with Crippen molar-refractivity contribution in [3.63, 3.8) is 0 Å². The van der Waals surface area contributed by atoms with Crippen LogP contribution in [0.2, 0.25) is 0 Å². The molecule has 0 aliphatic rings. The van der Waals surface area contributed by atoms with Gasteiger partial charge in [-0.25, -0.2) is 31.0 Å². The van der Waals surface area contributed by atoms with Crippen molar-refractivity contribution in [2.75, 3.05) is 11.0 Å². The van der Waals surface area contributed by atoms with Crippen LogP contribution < -0.4 is 4.72 Å². The fraction of sp³-hybridized carbons (Fsp3) is 0.100. The van der Waals surface area contributed by atoms with E-state index >= 15 is 0 Å². The third-order valence-corrected chi connectivity index (χ3v) is 9.09. The summed E-state index contributed by atoms with van der Waals surface area (Å²) in [6.07, 6.45) is 1.80. The summed E-state index contributed by atoms with van der Waals surface area (Å²) in [4.78, 5) is 14.4. The predicted octanol–water partition coefficient (Wildman–Crippen LogP) is 2.61. The molecule has 0 amide bonds. The molecular weight excluding hydrogens is 541 g/mol. The number of thiophene rings is 1. The number of halogens is 1. The fourth-order valence-corrected chi connectivity index (χ4v) is 6.92. The SMILES string of the molecule is Cc1c(S(=O)(=O)Nc2ccc(-c3nc(C(=O)O)co3)cc2S(C)(=O)=O)sc2ccc(F)cc12.[NaH].[NaH]. The van der Waals surface area contributed by atoms with E-state index in [0.29, 0.717) is 15.6 Å². The number of hydrogen-bond acceptors (Lipinski definition) is 8. The molecule has 0 saturated carbocycles. The van der Waals surface area contributed by atoms with Gasteiger partial charge in [-0.15, -0.1) is 11.3 Å². The Balaban J connectivity index is 0.00000216. The normalized spacial score (nSPS) is 11.5. The number of oxazole rings is 1. The zero-order chi connectivity index (χ0) is 24.1. The van der Waals surface area contributed by atoms with Crippen molar-refractivity contribution >= 4 is 112 Å². The Labute approximate surface area is 248 Å². The number of sulfonamides is 1. The molecule has 4 aromatic rings. The zero-order valence-electron chi connectivity index (χ0n) is 17.0. The van der Waals surface area contributed by atoms with Crippen LogP contribution in [0.4, 0.5) is 10.1 Å². The number of aromatic carboxylic acids is 1. The molecule has 4 rings (SSSR count). The first-order chi connectivity index (χ1) is 15.4. The molecule has 0 aliphatic heterocycles. The van der Waals surface area contributed by atoms with Crippen molar-refractivity contribution in [3.8, 4) is 11.5 Å². The number of anilines is 1. The minimum atomic E-state index is -4.22. The third-order valence-electron chi connectivity index (χ3n) is 4.69. The second kappa shape index (κ2) is 11.0. The molecule has 0 aliphatic carbocycles. The Morgan fingerprint density at radius 1 is 1.11 bits per heavy atom. The number of fused-ring (bicyclic) bond motifs is 1. The Hall–Kier alpha value is -1.29. The second-order valence-corrected chi connectivity index (χ2v) is 12.0. The Bertz CT molecular complexity index is 1650. The van der Waals surface area contributed by atoms with Crippen molar-refractivity contribution < 1.29 is 35.5 Å². The van der Waals surface area contributed by atoms with Gasteiger partial charge in [-0.2, -0.15) is 0 Å². The van der Waals surface area contributed by atoms with Crippen LogP contribution in [0.5, 0.6) is 0 Å². The summed E-state index contributed by atoms with van der Waals surface area (Å²) in [6.45, 7) is 1.54. The molecule has 176 valence electrons. The van der Waals surface area contributed by atoms with E-state index in [0.717, 1.165) is 29.9 Å². The Morgan fingerprint density at radius 3 is 2.40 bits per heavy atom. The molecule has 0 radical (unpaired) electrons. The molecule has 2 N–H and O–H groups in total. The van der Waals surface area contributed by atoms with Crippen molar-refractivity contribution in [1.29, 1.82) is 0 Å². The van der Waals surface area contributed by atoms with E-state index in [1.807, 2.05) is 0 Å². The van der Waals surface area contributed by atoms with Gasteiger partial charge in [-0.05, 0) is 54.3 Å². The molecule has 2 aromatic carbocycles. The van der Waals surface area contributed by atoms with Gasteiger partial charge in [0.25, 0.3) is 10.0 Å². The van der Waals surface area contributed by atoms with Gasteiger partial charge in [0.05, 0.1) is 10.6 Å². The number of sulfone groups is 1. The monoisotopic (exact) mass is 558 g/mol. The molecule has 0 bridgehead atoms. The number of nitrogens with one attached hydrogen (secondary N) is 1. The number of carbonyl (C=O) groups is 1. The Kier molecular flexibility index (Phi) is 9.40. The standard InChI is InChI=1S/C20H15FN2O7S3.2Na.2H/c1-10-13-8-12(21)4-6-16(13)31-20(10)33(28,29)23-14-5-3-11(7-17(14)32(2,26)27)18-22-15(9-30-18)19(24)25;;;;/h3-9,23H,1-2H3,(H,24,25);;;;. The van der Waals surface area contributed by atoms with Gasteiger partial charge in [-0.3, -0.25) is 4.72 Å². The first-order valence-corrected chi connectivity index (χ1v) is 13.3. The summed E-state index contributed by atoms with van der Waals surface area (Å²) in [5.74, 6) is -1.97. The van der Waals surface area contributed by atoms with Gasteiger partial charge in [0, 0.05) is 16.5 Å². The van der Waals surface area contributed by atoms with Crippen molar-refractivity contribution in [1.82, 2.24) is 4.98 Å². The molecular formula is C20H17FN2Na2O7S3. The molecule has 0 atom stereocenters. The first kappa shape index (κ1) is 29.9. The molecule has 0 fully saturated rings. The average Bonchev–Trinajstić information content (AvgIpc) is 3.33. The zero-order valence-corrected chi connectivity index (χ0v) is 19.4. The molecule has 2 aromatic heterocycles. The molecule has 2 heterocycles. The van der Waals surface area contributed by atoms with E-state index in [1.54, 1.807) is 0 Å². The topological polar surface area (TPSA) is 144 Å². The van der Waals surface area contributed by atoms with Crippen LogP contribution in [0, 0.1) is 12.7 Å². The van der Waals surface area contributed by atoms with Crippen molar-refractivity contribution in [2.45, 2.75) is 16.0 Å². The van der Waals surface area contributed by atoms with Gasteiger partial charge < -0.3 is 9.52 Å². The molecule has 9 nitrogen and oxygen atoms in total. The summed E-state index contributed by atoms with van der Waals surface area (Å²) < 4.78 is 72.5. The van der Waals surface area contributed by atoms with Crippen LogP contribution in [0.15, 0.2) is 56.2 Å².